The van der Waals surface area contributed by atoms with E-state index in [4.69, 9.17) is 33.8 Å². The van der Waals surface area contributed by atoms with E-state index in [9.17, 15) is 9.59 Å². The average Bonchev–Trinajstić information content (AvgIpc) is 2.76. The summed E-state index contributed by atoms with van der Waals surface area (Å²) < 4.78 is 0. The van der Waals surface area contributed by atoms with Gasteiger partial charge in [0.1, 0.15) is 0 Å². The molecule has 184 valence electrons. The third-order valence-electron chi connectivity index (χ3n) is 5.04. The summed E-state index contributed by atoms with van der Waals surface area (Å²) in [4.78, 5) is 24.2. The van der Waals surface area contributed by atoms with Gasteiger partial charge in [0, 0.05) is 51.4 Å². The van der Waals surface area contributed by atoms with Crippen molar-refractivity contribution in [3.05, 3.63) is 0 Å². The first-order chi connectivity index (χ1) is 15.2. The second-order valence-corrected chi connectivity index (χ2v) is 7.88. The lowest BCUT2D eigenvalue weighted by Crippen LogP contribution is -2.61. The van der Waals surface area contributed by atoms with E-state index >= 15 is 0 Å². The number of carbonyl (C=O) groups excluding carboxylic acids is 2. The van der Waals surface area contributed by atoms with Gasteiger partial charge < -0.3 is 54.8 Å². The zero-order valence-electron chi connectivity index (χ0n) is 18.5. The third kappa shape index (κ3) is 12.2. The highest BCUT2D eigenvalue weighted by Gasteiger charge is 2.22. The number of hydrogen-bond donors (Lipinski definition) is 12. The van der Waals surface area contributed by atoms with Crippen LogP contribution in [0.3, 0.4) is 0 Å². The van der Waals surface area contributed by atoms with Gasteiger partial charge in [-0.3, -0.25) is 20.4 Å². The molecule has 0 unspecified atom stereocenters. The molecule has 1 aliphatic heterocycles. The van der Waals surface area contributed by atoms with Gasteiger partial charge in [0.05, 0.1) is 12.1 Å². The summed E-state index contributed by atoms with van der Waals surface area (Å²) in [5.41, 5.74) is 22.2. The quantitative estimate of drug-likeness (QED) is 0.0675. The Morgan fingerprint density at radius 2 is 1.16 bits per heavy atom. The summed E-state index contributed by atoms with van der Waals surface area (Å²) in [6, 6.07) is -1.08. The number of nitrogens with one attached hydrogen (secondary N) is 8. The lowest BCUT2D eigenvalue weighted by molar-refractivity contribution is -0.123. The fraction of sp³-hybridized carbons (Fsp3) is 0.778. The Morgan fingerprint density at radius 1 is 0.781 bits per heavy atom. The molecule has 0 radical (unpaired) electrons. The summed E-state index contributed by atoms with van der Waals surface area (Å²) in [6.45, 7) is 3.18. The van der Waals surface area contributed by atoms with E-state index in [0.29, 0.717) is 65.0 Å². The van der Waals surface area contributed by atoms with Crippen molar-refractivity contribution in [3.8, 4) is 0 Å². The Hall–Kier alpha value is -2.68. The fourth-order valence-electron chi connectivity index (χ4n) is 3.11. The second kappa shape index (κ2) is 15.2. The van der Waals surface area contributed by atoms with Crippen LogP contribution in [0.25, 0.3) is 0 Å². The highest BCUT2D eigenvalue weighted by atomic mass is 16.2. The first-order valence-electron chi connectivity index (χ1n) is 10.9. The molecule has 0 aromatic rings. The Labute approximate surface area is 188 Å². The zero-order chi connectivity index (χ0) is 23.9. The Balaban J connectivity index is 2.13. The summed E-state index contributed by atoms with van der Waals surface area (Å²) in [6.07, 6.45) is 2.28. The van der Waals surface area contributed by atoms with Crippen LogP contribution in [0.1, 0.15) is 25.7 Å². The van der Waals surface area contributed by atoms with Gasteiger partial charge >= 0.3 is 0 Å². The van der Waals surface area contributed by atoms with Gasteiger partial charge in [0.2, 0.25) is 11.8 Å². The van der Waals surface area contributed by atoms with E-state index in [2.05, 4.69) is 31.9 Å². The zero-order valence-corrected chi connectivity index (χ0v) is 18.5. The number of nitrogens with two attached hydrogens (primary N) is 4. The number of carbonyl (C=O) groups is 2. The van der Waals surface area contributed by atoms with Gasteiger partial charge in [0.15, 0.2) is 11.9 Å². The largest absolute Gasteiger partial charge is 0.370 e. The normalized spacial score (nSPS) is 19.9. The van der Waals surface area contributed by atoms with Gasteiger partial charge in [-0.1, -0.05) is 0 Å². The predicted octanol–water partition coefficient (Wildman–Crippen LogP) is -4.67. The first kappa shape index (κ1) is 27.4. The maximum Gasteiger partial charge on any atom is 0.236 e. The number of hydrogen-bond acceptors (Lipinski definition) is 8. The van der Waals surface area contributed by atoms with Gasteiger partial charge in [-0.05, 0) is 25.7 Å². The molecular weight excluding hydrogens is 416 g/mol. The molecule has 1 fully saturated rings. The molecule has 14 nitrogen and oxygen atoms in total. The van der Waals surface area contributed by atoms with E-state index in [1.54, 1.807) is 0 Å². The molecule has 0 aliphatic carbocycles. The molecule has 32 heavy (non-hydrogen) atoms. The van der Waals surface area contributed by atoms with E-state index in [1.807, 2.05) is 0 Å². The highest BCUT2D eigenvalue weighted by molar-refractivity contribution is 5.82. The molecule has 0 aromatic heterocycles. The number of amides is 2. The molecule has 1 heterocycles. The van der Waals surface area contributed by atoms with Crippen LogP contribution in [-0.4, -0.2) is 87.2 Å². The topological polar surface area (TPSA) is 258 Å². The molecule has 16 N–H and O–H groups in total. The molecule has 2 amide bonds. The van der Waals surface area contributed by atoms with Crippen molar-refractivity contribution in [2.24, 2.45) is 22.9 Å². The minimum absolute atomic E-state index is 0.0634. The SMILES string of the molecule is N=C(N)NCCC[C@H](N)C(=O)NC[C@H]1CN[C@@H](CNC(=O)[C@@H](N)CCCNC(=N)N)CN1. The number of piperazine rings is 1. The highest BCUT2D eigenvalue weighted by Crippen LogP contribution is 1.97. The standard InChI is InChI=1S/C18H40N12O2/c19-13(3-1-5-25-17(21)22)15(31)29-9-11-7-28-12(8-27-11)10-30-16(32)14(20)4-2-6-26-18(23)24/h11-14,27-28H,1-10,19-20H2,(H,29,31)(H,30,32)(H4,21,22,25)(H4,23,24,26)/t11-,12-,13+,14+/m1/s1. The van der Waals surface area contributed by atoms with E-state index < -0.39 is 12.1 Å². The van der Waals surface area contributed by atoms with Crippen LogP contribution in [-0.2, 0) is 9.59 Å². The molecule has 0 saturated carbocycles. The van der Waals surface area contributed by atoms with Crippen molar-refractivity contribution < 1.29 is 9.59 Å². The summed E-state index contributed by atoms with van der Waals surface area (Å²) in [7, 11) is 0. The van der Waals surface area contributed by atoms with Crippen LogP contribution in [0.5, 0.6) is 0 Å². The molecule has 0 bridgehead atoms. The second-order valence-electron chi connectivity index (χ2n) is 7.88. The van der Waals surface area contributed by atoms with Crippen molar-refractivity contribution in [2.45, 2.75) is 49.9 Å². The Kier molecular flexibility index (Phi) is 13.0. The van der Waals surface area contributed by atoms with Crippen molar-refractivity contribution in [1.29, 1.82) is 10.8 Å². The van der Waals surface area contributed by atoms with Crippen LogP contribution in [0.2, 0.25) is 0 Å². The van der Waals surface area contributed by atoms with Crippen molar-refractivity contribution in [1.82, 2.24) is 31.9 Å². The van der Waals surface area contributed by atoms with E-state index in [0.717, 1.165) is 0 Å². The third-order valence-corrected chi connectivity index (χ3v) is 5.04. The molecule has 0 aromatic carbocycles. The molecule has 0 spiro atoms. The lowest BCUT2D eigenvalue weighted by atomic mass is 10.1. The maximum absolute atomic E-state index is 12.1. The Bertz CT molecular complexity index is 557. The molecular formula is C18H40N12O2. The molecule has 14 heteroatoms. The van der Waals surface area contributed by atoms with Gasteiger partial charge in [-0.2, -0.15) is 0 Å². The van der Waals surface area contributed by atoms with Crippen LogP contribution >= 0.6 is 0 Å². The van der Waals surface area contributed by atoms with Gasteiger partial charge in [-0.15, -0.1) is 0 Å². The molecule has 1 saturated heterocycles. The Morgan fingerprint density at radius 3 is 1.47 bits per heavy atom. The minimum atomic E-state index is -0.606. The van der Waals surface area contributed by atoms with Crippen LogP contribution < -0.4 is 54.8 Å². The van der Waals surface area contributed by atoms with Gasteiger partial charge in [-0.25, -0.2) is 0 Å². The van der Waals surface area contributed by atoms with Crippen molar-refractivity contribution in [3.63, 3.8) is 0 Å². The van der Waals surface area contributed by atoms with Crippen LogP contribution in [0.4, 0.5) is 0 Å². The maximum atomic E-state index is 12.1. The molecule has 4 atom stereocenters. The molecule has 1 rings (SSSR count). The van der Waals surface area contributed by atoms with Crippen LogP contribution in [0.15, 0.2) is 0 Å². The molecule has 1 aliphatic rings. The van der Waals surface area contributed by atoms with Crippen LogP contribution in [0, 0.1) is 10.8 Å². The minimum Gasteiger partial charge on any atom is -0.370 e. The number of guanidine groups is 2. The van der Waals surface area contributed by atoms with Gasteiger partial charge in [0.25, 0.3) is 0 Å². The lowest BCUT2D eigenvalue weighted by Gasteiger charge is -2.32. The van der Waals surface area contributed by atoms with Crippen molar-refractivity contribution >= 4 is 23.7 Å². The van der Waals surface area contributed by atoms with E-state index in [-0.39, 0.29) is 35.8 Å². The fourth-order valence-corrected chi connectivity index (χ4v) is 3.11. The number of rotatable bonds is 14. The smallest absolute Gasteiger partial charge is 0.236 e. The monoisotopic (exact) mass is 456 g/mol. The summed E-state index contributed by atoms with van der Waals surface area (Å²) in [5, 5.41) is 31.9. The average molecular weight is 457 g/mol. The van der Waals surface area contributed by atoms with Crippen molar-refractivity contribution in [2.75, 3.05) is 39.3 Å². The van der Waals surface area contributed by atoms with E-state index in [1.165, 1.54) is 0 Å². The summed E-state index contributed by atoms with van der Waals surface area (Å²) >= 11 is 0. The predicted molar refractivity (Wildman–Crippen MR) is 124 cm³/mol. The summed E-state index contributed by atoms with van der Waals surface area (Å²) in [5.74, 6) is -0.621. The first-order valence-corrected chi connectivity index (χ1v) is 10.9.